The summed E-state index contributed by atoms with van der Waals surface area (Å²) in [5.41, 5.74) is 0. The molecule has 3 nitrogen and oxygen atoms in total. The maximum absolute atomic E-state index is 9.09. The number of aliphatic hydroxyl groups excluding tert-OH is 1. The van der Waals surface area contributed by atoms with Crippen LogP contribution in [0.4, 0.5) is 0 Å². The van der Waals surface area contributed by atoms with Gasteiger partial charge in [0.25, 0.3) is 0 Å². The summed E-state index contributed by atoms with van der Waals surface area (Å²) < 4.78 is 4.19. The molecule has 0 bridgehead atoms. The van der Waals surface area contributed by atoms with Gasteiger partial charge in [0.1, 0.15) is 10.8 Å². The van der Waals surface area contributed by atoms with Crippen LogP contribution in [0.2, 0.25) is 0 Å². The average molecular weight is 186 g/mol. The highest BCUT2D eigenvalue weighted by molar-refractivity contribution is 7.05. The van der Waals surface area contributed by atoms with Gasteiger partial charge in [0.15, 0.2) is 0 Å². The van der Waals surface area contributed by atoms with Gasteiger partial charge in [-0.2, -0.15) is 4.37 Å². The second kappa shape index (κ2) is 3.96. The first kappa shape index (κ1) is 9.61. The van der Waals surface area contributed by atoms with E-state index >= 15 is 0 Å². The van der Waals surface area contributed by atoms with Crippen molar-refractivity contribution in [1.82, 2.24) is 9.36 Å². The van der Waals surface area contributed by atoms with Crippen LogP contribution in [0.25, 0.3) is 0 Å². The molecule has 0 saturated heterocycles. The summed E-state index contributed by atoms with van der Waals surface area (Å²) >= 11 is 1.39. The molecule has 12 heavy (non-hydrogen) atoms. The monoisotopic (exact) mass is 186 g/mol. The number of hydrogen-bond acceptors (Lipinski definition) is 4. The molecule has 1 N–H and O–H groups in total. The lowest BCUT2D eigenvalue weighted by Gasteiger charge is -1.98. The van der Waals surface area contributed by atoms with Gasteiger partial charge in [0, 0.05) is 12.3 Å². The second-order valence-corrected chi connectivity index (χ2v) is 4.09. The van der Waals surface area contributed by atoms with Crippen LogP contribution in [0.3, 0.4) is 0 Å². The van der Waals surface area contributed by atoms with Gasteiger partial charge in [0.2, 0.25) is 0 Å². The molecule has 0 radical (unpaired) electrons. The van der Waals surface area contributed by atoms with Gasteiger partial charge in [-0.05, 0) is 18.5 Å². The Kier molecular flexibility index (Phi) is 3.17. The van der Waals surface area contributed by atoms with Crippen LogP contribution in [0.1, 0.15) is 37.5 Å². The van der Waals surface area contributed by atoms with Crippen LogP contribution in [-0.2, 0) is 6.42 Å². The first-order valence-electron chi connectivity index (χ1n) is 4.10. The number of nitrogens with zero attached hydrogens (tertiary/aromatic N) is 2. The molecule has 0 spiro atoms. The third-order valence-corrected chi connectivity index (χ3v) is 2.22. The van der Waals surface area contributed by atoms with E-state index in [4.69, 9.17) is 5.11 Å². The van der Waals surface area contributed by atoms with E-state index in [2.05, 4.69) is 23.2 Å². The first-order chi connectivity index (χ1) is 5.59. The third kappa shape index (κ3) is 2.53. The number of aliphatic hydroxyl groups is 1. The second-order valence-electron chi connectivity index (χ2n) is 3.25. The summed E-state index contributed by atoms with van der Waals surface area (Å²) in [6.45, 7) is 5.89. The van der Waals surface area contributed by atoms with Gasteiger partial charge < -0.3 is 5.11 Å². The Morgan fingerprint density at radius 2 is 2.08 bits per heavy atom. The van der Waals surface area contributed by atoms with Crippen molar-refractivity contribution in [3.8, 4) is 0 Å². The topological polar surface area (TPSA) is 46.0 Å². The van der Waals surface area contributed by atoms with E-state index in [0.717, 1.165) is 10.8 Å². The van der Waals surface area contributed by atoms with Crippen molar-refractivity contribution in [3.63, 3.8) is 0 Å². The Morgan fingerprint density at radius 3 is 2.50 bits per heavy atom. The minimum Gasteiger partial charge on any atom is -0.393 e. The van der Waals surface area contributed by atoms with Crippen LogP contribution in [-0.4, -0.2) is 20.6 Å². The Balaban J connectivity index is 2.64. The van der Waals surface area contributed by atoms with E-state index in [1.807, 2.05) is 0 Å². The van der Waals surface area contributed by atoms with Gasteiger partial charge >= 0.3 is 0 Å². The predicted octanol–water partition coefficient (Wildman–Crippen LogP) is 1.58. The normalized spacial score (nSPS) is 13.8. The predicted molar refractivity (Wildman–Crippen MR) is 49.4 cm³/mol. The van der Waals surface area contributed by atoms with Crippen LogP contribution in [0.5, 0.6) is 0 Å². The lowest BCUT2D eigenvalue weighted by atomic mass is 10.2. The van der Waals surface area contributed by atoms with Crippen molar-refractivity contribution in [2.75, 3.05) is 0 Å². The summed E-state index contributed by atoms with van der Waals surface area (Å²) in [6, 6.07) is 0. The standard InChI is InChI=1S/C8H14N2OS/c1-5(2)8-9-7(12-10-8)4-6(3)11/h5-6,11H,4H2,1-3H3. The van der Waals surface area contributed by atoms with Gasteiger partial charge in [-0.15, -0.1) is 0 Å². The highest BCUT2D eigenvalue weighted by Gasteiger charge is 2.08. The minimum absolute atomic E-state index is 0.321. The van der Waals surface area contributed by atoms with Crippen molar-refractivity contribution in [1.29, 1.82) is 0 Å². The van der Waals surface area contributed by atoms with Gasteiger partial charge in [-0.1, -0.05) is 13.8 Å². The Morgan fingerprint density at radius 1 is 1.42 bits per heavy atom. The van der Waals surface area contributed by atoms with E-state index in [-0.39, 0.29) is 6.10 Å². The number of aromatic nitrogens is 2. The summed E-state index contributed by atoms with van der Waals surface area (Å²) in [5, 5.41) is 10.0. The van der Waals surface area contributed by atoms with E-state index in [1.165, 1.54) is 11.5 Å². The number of rotatable bonds is 3. The van der Waals surface area contributed by atoms with Crippen LogP contribution < -0.4 is 0 Å². The van der Waals surface area contributed by atoms with Crippen molar-refractivity contribution in [2.24, 2.45) is 0 Å². The zero-order valence-corrected chi connectivity index (χ0v) is 8.43. The fraction of sp³-hybridized carbons (Fsp3) is 0.750. The van der Waals surface area contributed by atoms with Crippen LogP contribution in [0, 0.1) is 0 Å². The summed E-state index contributed by atoms with van der Waals surface area (Å²) in [5.74, 6) is 1.26. The largest absolute Gasteiger partial charge is 0.393 e. The van der Waals surface area contributed by atoms with Gasteiger partial charge in [-0.3, -0.25) is 0 Å². The summed E-state index contributed by atoms with van der Waals surface area (Å²) in [4.78, 5) is 4.30. The lowest BCUT2D eigenvalue weighted by Crippen LogP contribution is -2.03. The van der Waals surface area contributed by atoms with E-state index in [9.17, 15) is 0 Å². The molecule has 0 aliphatic rings. The molecule has 0 aliphatic carbocycles. The highest BCUT2D eigenvalue weighted by atomic mass is 32.1. The van der Waals surface area contributed by atoms with Gasteiger partial charge in [0.05, 0.1) is 6.10 Å². The minimum atomic E-state index is -0.321. The molecule has 1 aromatic rings. The maximum Gasteiger partial charge on any atom is 0.145 e. The Bertz CT molecular complexity index is 245. The van der Waals surface area contributed by atoms with Crippen molar-refractivity contribution in [3.05, 3.63) is 10.8 Å². The molecule has 0 aromatic carbocycles. The fourth-order valence-electron chi connectivity index (χ4n) is 0.838. The summed E-state index contributed by atoms with van der Waals surface area (Å²) in [7, 11) is 0. The molecule has 1 unspecified atom stereocenters. The molecule has 1 heterocycles. The van der Waals surface area contributed by atoms with Crippen LogP contribution in [0.15, 0.2) is 0 Å². The van der Waals surface area contributed by atoms with Gasteiger partial charge in [-0.25, -0.2) is 4.98 Å². The van der Waals surface area contributed by atoms with E-state index in [0.29, 0.717) is 12.3 Å². The van der Waals surface area contributed by atoms with Crippen molar-refractivity contribution in [2.45, 2.75) is 39.2 Å². The number of hydrogen-bond donors (Lipinski definition) is 1. The molecule has 1 rings (SSSR count). The highest BCUT2D eigenvalue weighted by Crippen LogP contribution is 2.14. The SMILES string of the molecule is CC(O)Cc1nc(C(C)C)ns1. The lowest BCUT2D eigenvalue weighted by molar-refractivity contribution is 0.195. The molecule has 0 amide bonds. The smallest absolute Gasteiger partial charge is 0.145 e. The average Bonchev–Trinajstić information content (AvgIpc) is 2.34. The molecule has 1 aromatic heterocycles. The maximum atomic E-state index is 9.09. The quantitative estimate of drug-likeness (QED) is 0.779. The molecule has 0 fully saturated rings. The zero-order chi connectivity index (χ0) is 9.14. The molecular weight excluding hydrogens is 172 g/mol. The fourth-order valence-corrected chi connectivity index (χ4v) is 1.74. The van der Waals surface area contributed by atoms with E-state index in [1.54, 1.807) is 6.92 Å². The zero-order valence-electron chi connectivity index (χ0n) is 7.61. The van der Waals surface area contributed by atoms with E-state index < -0.39 is 0 Å². The molecule has 4 heteroatoms. The Labute approximate surface area is 76.6 Å². The van der Waals surface area contributed by atoms with Crippen LogP contribution >= 0.6 is 11.5 Å². The summed E-state index contributed by atoms with van der Waals surface area (Å²) in [6.07, 6.45) is 0.294. The first-order valence-corrected chi connectivity index (χ1v) is 4.87. The molecule has 0 aliphatic heterocycles. The molecule has 68 valence electrons. The van der Waals surface area contributed by atoms with Crippen molar-refractivity contribution < 1.29 is 5.11 Å². The molecule has 0 saturated carbocycles. The third-order valence-electron chi connectivity index (χ3n) is 1.47. The molecule has 1 atom stereocenters. The Hall–Kier alpha value is -0.480. The van der Waals surface area contributed by atoms with Crippen molar-refractivity contribution >= 4 is 11.5 Å². The molecular formula is C8H14N2OS.